The first-order valence-corrected chi connectivity index (χ1v) is 5.02. The van der Waals surface area contributed by atoms with Gasteiger partial charge in [0.05, 0.1) is 0 Å². The molecule has 0 saturated carbocycles. The predicted octanol–water partition coefficient (Wildman–Crippen LogP) is 1.98. The van der Waals surface area contributed by atoms with Crippen LogP contribution in [0.15, 0.2) is 10.9 Å². The molecule has 0 fully saturated rings. The molecule has 1 aromatic rings. The third-order valence-electron chi connectivity index (χ3n) is 1.58. The summed E-state index contributed by atoms with van der Waals surface area (Å²) in [7, 11) is 0. The van der Waals surface area contributed by atoms with E-state index in [1.54, 1.807) is 0 Å². The van der Waals surface area contributed by atoms with E-state index < -0.39 is 23.4 Å². The van der Waals surface area contributed by atoms with Crippen LogP contribution in [0.2, 0.25) is 0 Å². The lowest BCUT2D eigenvalue weighted by atomic mass is 10.2. The lowest BCUT2D eigenvalue weighted by Gasteiger charge is -2.13. The Morgan fingerprint density at radius 2 is 2.12 bits per heavy atom. The molecule has 1 rings (SSSR count). The number of hydrogen-bond acceptors (Lipinski definition) is 3. The van der Waals surface area contributed by atoms with Crippen molar-refractivity contribution in [1.82, 2.24) is 4.98 Å². The van der Waals surface area contributed by atoms with Gasteiger partial charge in [-0.1, -0.05) is 15.9 Å². The van der Waals surface area contributed by atoms with Crippen molar-refractivity contribution in [3.8, 4) is 5.75 Å². The predicted molar refractivity (Wildman–Crippen MR) is 51.8 cm³/mol. The summed E-state index contributed by atoms with van der Waals surface area (Å²) in [5, 5.41) is -0.0385. The smallest absolute Gasteiger partial charge is 0.403 e. The molecule has 0 spiro atoms. The second-order valence-electron chi connectivity index (χ2n) is 2.70. The highest BCUT2D eigenvalue weighted by molar-refractivity contribution is 9.08. The second kappa shape index (κ2) is 4.69. The molecular formula is C8H5BrF3NO3. The van der Waals surface area contributed by atoms with Gasteiger partial charge in [0.15, 0.2) is 12.0 Å². The molecule has 0 aliphatic heterocycles. The van der Waals surface area contributed by atoms with Gasteiger partial charge in [-0.05, 0) is 0 Å². The summed E-state index contributed by atoms with van der Waals surface area (Å²) in [5.74, 6) is -0.695. The lowest BCUT2D eigenvalue weighted by Crippen LogP contribution is -2.21. The maximum Gasteiger partial charge on any atom is 0.573 e. The van der Waals surface area contributed by atoms with E-state index in [0.717, 1.165) is 6.07 Å². The summed E-state index contributed by atoms with van der Waals surface area (Å²) < 4.78 is 39.8. The van der Waals surface area contributed by atoms with Gasteiger partial charge in [-0.25, -0.2) is 0 Å². The normalized spacial score (nSPS) is 11.2. The number of H-pyrrole nitrogens is 1. The highest BCUT2D eigenvalue weighted by Gasteiger charge is 2.33. The van der Waals surface area contributed by atoms with Crippen LogP contribution in [0.1, 0.15) is 16.1 Å². The average molecular weight is 300 g/mol. The number of halogens is 4. The van der Waals surface area contributed by atoms with Gasteiger partial charge in [0, 0.05) is 17.0 Å². The van der Waals surface area contributed by atoms with Crippen LogP contribution >= 0.6 is 15.9 Å². The maximum absolute atomic E-state index is 12.0. The Morgan fingerprint density at radius 3 is 2.56 bits per heavy atom. The molecule has 1 aromatic heterocycles. The first kappa shape index (κ1) is 12.8. The summed E-state index contributed by atoms with van der Waals surface area (Å²) in [5.41, 5.74) is -1.27. The maximum atomic E-state index is 12.0. The third-order valence-corrected chi connectivity index (χ3v) is 2.18. The number of hydrogen-bond donors (Lipinski definition) is 1. The first-order valence-electron chi connectivity index (χ1n) is 3.90. The molecular weight excluding hydrogens is 295 g/mol. The number of aromatic amines is 1. The van der Waals surface area contributed by atoms with Gasteiger partial charge >= 0.3 is 6.36 Å². The van der Waals surface area contributed by atoms with Gasteiger partial charge in [0.25, 0.3) is 0 Å². The van der Waals surface area contributed by atoms with Crippen LogP contribution in [0.5, 0.6) is 5.75 Å². The van der Waals surface area contributed by atoms with Crippen LogP contribution in [-0.4, -0.2) is 17.6 Å². The largest absolute Gasteiger partial charge is 0.573 e. The fourth-order valence-corrected chi connectivity index (χ4v) is 1.46. The van der Waals surface area contributed by atoms with E-state index in [4.69, 9.17) is 0 Å². The van der Waals surface area contributed by atoms with Gasteiger partial charge in [-0.3, -0.25) is 9.59 Å². The zero-order chi connectivity index (χ0) is 12.3. The van der Waals surface area contributed by atoms with Crippen molar-refractivity contribution in [1.29, 1.82) is 0 Å². The Labute approximate surface area is 95.5 Å². The number of carbonyl (C=O) groups is 1. The fraction of sp³-hybridized carbons (Fsp3) is 0.250. The van der Waals surface area contributed by atoms with Crippen LogP contribution in [0, 0.1) is 0 Å². The summed E-state index contributed by atoms with van der Waals surface area (Å²) in [6.45, 7) is 0. The minimum absolute atomic E-state index is 0.0385. The SMILES string of the molecule is O=Cc1[nH]c(=O)cc(CBr)c1OC(F)(F)F. The van der Waals surface area contributed by atoms with Gasteiger partial charge in [0.1, 0.15) is 5.69 Å². The minimum Gasteiger partial charge on any atom is -0.403 e. The van der Waals surface area contributed by atoms with Crippen molar-refractivity contribution < 1.29 is 22.7 Å². The monoisotopic (exact) mass is 299 g/mol. The Hall–Kier alpha value is -1.31. The molecule has 88 valence electrons. The standard InChI is InChI=1S/C8H5BrF3NO3/c9-2-4-1-6(15)13-5(3-14)7(4)16-8(10,11)12/h1,3H,2H2,(H,13,15). The number of alkyl halides is 4. The van der Waals surface area contributed by atoms with Crippen LogP contribution in [-0.2, 0) is 5.33 Å². The van der Waals surface area contributed by atoms with Crippen LogP contribution in [0.25, 0.3) is 0 Å². The third kappa shape index (κ3) is 3.09. The van der Waals surface area contributed by atoms with Crippen LogP contribution < -0.4 is 10.3 Å². The summed E-state index contributed by atoms with van der Waals surface area (Å²) >= 11 is 2.90. The van der Waals surface area contributed by atoms with Gasteiger partial charge < -0.3 is 9.72 Å². The number of ether oxygens (including phenoxy) is 1. The molecule has 0 radical (unpaired) electrons. The number of aromatic nitrogens is 1. The molecule has 1 heterocycles. The molecule has 1 N–H and O–H groups in total. The number of pyridine rings is 1. The highest BCUT2D eigenvalue weighted by Crippen LogP contribution is 2.28. The first-order chi connectivity index (χ1) is 7.37. The van der Waals surface area contributed by atoms with E-state index >= 15 is 0 Å². The van der Waals surface area contributed by atoms with Gasteiger partial charge in [-0.15, -0.1) is 13.2 Å². The quantitative estimate of drug-likeness (QED) is 0.686. The number of aldehydes is 1. The highest BCUT2D eigenvalue weighted by atomic mass is 79.9. The Morgan fingerprint density at radius 1 is 1.50 bits per heavy atom. The van der Waals surface area contributed by atoms with Gasteiger partial charge in [-0.2, -0.15) is 0 Å². The van der Waals surface area contributed by atoms with E-state index in [1.165, 1.54) is 0 Å². The molecule has 4 nitrogen and oxygen atoms in total. The molecule has 0 aliphatic rings. The second-order valence-corrected chi connectivity index (χ2v) is 3.26. The molecule has 0 aliphatic carbocycles. The zero-order valence-corrected chi connectivity index (χ0v) is 9.18. The van der Waals surface area contributed by atoms with E-state index in [9.17, 15) is 22.8 Å². The van der Waals surface area contributed by atoms with Crippen molar-refractivity contribution >= 4 is 22.2 Å². The van der Waals surface area contributed by atoms with E-state index in [1.807, 2.05) is 4.98 Å². The van der Waals surface area contributed by atoms with Crippen molar-refractivity contribution in [2.24, 2.45) is 0 Å². The molecule has 0 bridgehead atoms. The number of carbonyl (C=O) groups excluding carboxylic acids is 1. The molecule has 0 amide bonds. The summed E-state index contributed by atoms with van der Waals surface area (Å²) in [4.78, 5) is 23.4. The summed E-state index contributed by atoms with van der Waals surface area (Å²) in [6, 6.07) is 0.919. The fourth-order valence-electron chi connectivity index (χ4n) is 1.04. The number of rotatable bonds is 3. The van der Waals surface area contributed by atoms with E-state index in [2.05, 4.69) is 20.7 Å². The van der Waals surface area contributed by atoms with Crippen LogP contribution in [0.4, 0.5) is 13.2 Å². The Balaban J connectivity index is 3.33. The Bertz CT molecular complexity index is 455. The molecule has 8 heteroatoms. The zero-order valence-electron chi connectivity index (χ0n) is 7.60. The molecule has 0 saturated heterocycles. The van der Waals surface area contributed by atoms with E-state index in [0.29, 0.717) is 0 Å². The topological polar surface area (TPSA) is 59.2 Å². The van der Waals surface area contributed by atoms with Crippen molar-refractivity contribution in [2.75, 3.05) is 0 Å². The molecule has 0 atom stereocenters. The number of nitrogens with one attached hydrogen (secondary N) is 1. The van der Waals surface area contributed by atoms with Crippen molar-refractivity contribution in [3.63, 3.8) is 0 Å². The molecule has 16 heavy (non-hydrogen) atoms. The summed E-state index contributed by atoms with van der Waals surface area (Å²) in [6.07, 6.45) is -4.83. The molecule has 0 aromatic carbocycles. The minimum atomic E-state index is -4.92. The lowest BCUT2D eigenvalue weighted by molar-refractivity contribution is -0.275. The van der Waals surface area contributed by atoms with Crippen molar-refractivity contribution in [2.45, 2.75) is 11.7 Å². The van der Waals surface area contributed by atoms with E-state index in [-0.39, 0.29) is 17.2 Å². The molecule has 0 unspecified atom stereocenters. The van der Waals surface area contributed by atoms with Crippen molar-refractivity contribution in [3.05, 3.63) is 27.7 Å². The van der Waals surface area contributed by atoms with Crippen LogP contribution in [0.3, 0.4) is 0 Å². The van der Waals surface area contributed by atoms with Gasteiger partial charge in [0.2, 0.25) is 5.56 Å². The average Bonchev–Trinajstić information content (AvgIpc) is 2.18. The Kier molecular flexibility index (Phi) is 3.74.